The fourth-order valence-corrected chi connectivity index (χ4v) is 1.67. The van der Waals surface area contributed by atoms with E-state index in [1.807, 2.05) is 6.07 Å². The van der Waals surface area contributed by atoms with Crippen LogP contribution >= 0.6 is 11.6 Å². The Balaban J connectivity index is 2.13. The van der Waals surface area contributed by atoms with Crippen LogP contribution in [0.15, 0.2) is 18.2 Å². The van der Waals surface area contributed by atoms with E-state index in [-0.39, 0.29) is 10.8 Å². The molecule has 2 nitrogen and oxygen atoms in total. The first-order valence-electron chi connectivity index (χ1n) is 6.32. The third kappa shape index (κ3) is 5.80. The van der Waals surface area contributed by atoms with Gasteiger partial charge in [0.05, 0.1) is 11.6 Å². The average Bonchev–Trinajstić information content (AvgIpc) is 2.32. The number of ether oxygens (including phenoxy) is 1. The van der Waals surface area contributed by atoms with Gasteiger partial charge < -0.3 is 10.1 Å². The minimum absolute atomic E-state index is 0.200. The molecule has 0 amide bonds. The predicted octanol–water partition coefficient (Wildman–Crippen LogP) is 3.63. The molecule has 0 radical (unpaired) electrons. The summed E-state index contributed by atoms with van der Waals surface area (Å²) in [6.45, 7) is 7.11. The molecule has 1 aromatic rings. The lowest BCUT2D eigenvalue weighted by Gasteiger charge is -2.08. The van der Waals surface area contributed by atoms with Gasteiger partial charge in [-0.2, -0.15) is 0 Å². The molecule has 0 aliphatic heterocycles. The maximum atomic E-state index is 13.1. The van der Waals surface area contributed by atoms with E-state index in [0.29, 0.717) is 19.1 Å². The molecular weight excluding hydrogens is 253 g/mol. The normalized spacial score (nSPS) is 11.2. The standard InChI is InChI=1S/C14H21ClFNO/c1-11(2)6-8-18-9-7-17-10-12-4-3-5-13(16)14(12)15/h3-5,11,17H,6-10H2,1-2H3. The van der Waals surface area contributed by atoms with Crippen molar-refractivity contribution >= 4 is 11.6 Å². The molecule has 0 bridgehead atoms. The van der Waals surface area contributed by atoms with Crippen LogP contribution in [-0.4, -0.2) is 19.8 Å². The van der Waals surface area contributed by atoms with Crippen molar-refractivity contribution in [2.45, 2.75) is 26.8 Å². The molecule has 0 fully saturated rings. The molecule has 0 spiro atoms. The molecule has 0 aliphatic carbocycles. The molecule has 4 heteroatoms. The zero-order valence-electron chi connectivity index (χ0n) is 11.0. The summed E-state index contributed by atoms with van der Waals surface area (Å²) in [5.41, 5.74) is 0.777. The highest BCUT2D eigenvalue weighted by Crippen LogP contribution is 2.19. The van der Waals surface area contributed by atoms with Gasteiger partial charge >= 0.3 is 0 Å². The first-order chi connectivity index (χ1) is 8.61. The molecule has 0 heterocycles. The van der Waals surface area contributed by atoms with E-state index in [2.05, 4.69) is 19.2 Å². The van der Waals surface area contributed by atoms with Crippen molar-refractivity contribution in [3.05, 3.63) is 34.6 Å². The van der Waals surface area contributed by atoms with Crippen molar-refractivity contribution in [1.29, 1.82) is 0 Å². The van der Waals surface area contributed by atoms with Gasteiger partial charge in [-0.1, -0.05) is 37.6 Å². The van der Waals surface area contributed by atoms with E-state index in [9.17, 15) is 4.39 Å². The zero-order chi connectivity index (χ0) is 13.4. The minimum atomic E-state index is -0.371. The quantitative estimate of drug-likeness (QED) is 0.731. The summed E-state index contributed by atoms with van der Waals surface area (Å²) < 4.78 is 18.6. The summed E-state index contributed by atoms with van der Waals surface area (Å²) in [6.07, 6.45) is 1.08. The van der Waals surface area contributed by atoms with Gasteiger partial charge in [-0.05, 0) is 24.0 Å². The first-order valence-corrected chi connectivity index (χ1v) is 6.70. The highest BCUT2D eigenvalue weighted by molar-refractivity contribution is 6.31. The van der Waals surface area contributed by atoms with E-state index in [0.717, 1.165) is 25.1 Å². The zero-order valence-corrected chi connectivity index (χ0v) is 11.8. The minimum Gasteiger partial charge on any atom is -0.380 e. The third-order valence-electron chi connectivity index (χ3n) is 2.61. The number of benzene rings is 1. The van der Waals surface area contributed by atoms with E-state index in [4.69, 9.17) is 16.3 Å². The van der Waals surface area contributed by atoms with E-state index in [1.165, 1.54) is 6.07 Å². The highest BCUT2D eigenvalue weighted by Gasteiger charge is 2.04. The van der Waals surface area contributed by atoms with Crippen LogP contribution in [0.4, 0.5) is 4.39 Å². The smallest absolute Gasteiger partial charge is 0.142 e. The Hall–Kier alpha value is -0.640. The van der Waals surface area contributed by atoms with Crippen molar-refractivity contribution in [3.8, 4) is 0 Å². The summed E-state index contributed by atoms with van der Waals surface area (Å²) in [7, 11) is 0. The van der Waals surface area contributed by atoms with Crippen molar-refractivity contribution in [3.63, 3.8) is 0 Å². The van der Waals surface area contributed by atoms with Crippen LogP contribution in [0, 0.1) is 11.7 Å². The van der Waals surface area contributed by atoms with Gasteiger partial charge in [0.15, 0.2) is 0 Å². The van der Waals surface area contributed by atoms with Crippen molar-refractivity contribution in [1.82, 2.24) is 5.32 Å². The molecule has 1 N–H and O–H groups in total. The second-order valence-electron chi connectivity index (χ2n) is 4.68. The van der Waals surface area contributed by atoms with Crippen LogP contribution in [-0.2, 0) is 11.3 Å². The lowest BCUT2D eigenvalue weighted by molar-refractivity contribution is 0.125. The van der Waals surface area contributed by atoms with Crippen LogP contribution in [0.5, 0.6) is 0 Å². The summed E-state index contributed by atoms with van der Waals surface area (Å²) in [6, 6.07) is 4.84. The van der Waals surface area contributed by atoms with Gasteiger partial charge in [-0.25, -0.2) is 4.39 Å². The summed E-state index contributed by atoms with van der Waals surface area (Å²) in [4.78, 5) is 0. The molecule has 0 saturated carbocycles. The van der Waals surface area contributed by atoms with Crippen LogP contribution < -0.4 is 5.32 Å². The molecule has 0 unspecified atom stereocenters. The topological polar surface area (TPSA) is 21.3 Å². The number of nitrogens with one attached hydrogen (secondary N) is 1. The fourth-order valence-electron chi connectivity index (χ4n) is 1.47. The average molecular weight is 274 g/mol. The summed E-state index contributed by atoms with van der Waals surface area (Å²) in [5, 5.41) is 3.38. The number of hydrogen-bond donors (Lipinski definition) is 1. The molecular formula is C14H21ClFNO. The highest BCUT2D eigenvalue weighted by atomic mass is 35.5. The Bertz CT molecular complexity index is 358. The molecule has 0 atom stereocenters. The number of rotatable bonds is 8. The Morgan fingerprint density at radius 2 is 2.11 bits per heavy atom. The molecule has 1 aromatic carbocycles. The summed E-state index contributed by atoms with van der Waals surface area (Å²) in [5.74, 6) is 0.299. The SMILES string of the molecule is CC(C)CCOCCNCc1cccc(F)c1Cl. The van der Waals surface area contributed by atoms with Crippen molar-refractivity contribution in [2.24, 2.45) is 5.92 Å². The molecule has 1 rings (SSSR count). The Kier molecular flexibility index (Phi) is 7.25. The van der Waals surface area contributed by atoms with E-state index < -0.39 is 0 Å². The Morgan fingerprint density at radius 3 is 2.83 bits per heavy atom. The molecule has 0 aromatic heterocycles. The molecule has 0 aliphatic rings. The fraction of sp³-hybridized carbons (Fsp3) is 0.571. The summed E-state index contributed by atoms with van der Waals surface area (Å²) >= 11 is 5.84. The number of halogens is 2. The van der Waals surface area contributed by atoms with Gasteiger partial charge in [-0.3, -0.25) is 0 Å². The Labute approximate surface area is 113 Å². The van der Waals surface area contributed by atoms with Crippen molar-refractivity contribution in [2.75, 3.05) is 19.8 Å². The maximum Gasteiger partial charge on any atom is 0.142 e. The largest absolute Gasteiger partial charge is 0.380 e. The molecule has 102 valence electrons. The molecule has 0 saturated heterocycles. The van der Waals surface area contributed by atoms with E-state index >= 15 is 0 Å². The monoisotopic (exact) mass is 273 g/mol. The van der Waals surface area contributed by atoms with Crippen LogP contribution in [0.2, 0.25) is 5.02 Å². The van der Waals surface area contributed by atoms with Crippen LogP contribution in [0.1, 0.15) is 25.8 Å². The third-order valence-corrected chi connectivity index (χ3v) is 3.03. The second kappa shape index (κ2) is 8.46. The first kappa shape index (κ1) is 15.4. The predicted molar refractivity (Wildman–Crippen MR) is 73.4 cm³/mol. The second-order valence-corrected chi connectivity index (χ2v) is 5.06. The van der Waals surface area contributed by atoms with Gasteiger partial charge in [0.2, 0.25) is 0 Å². The van der Waals surface area contributed by atoms with Gasteiger partial charge in [0.25, 0.3) is 0 Å². The van der Waals surface area contributed by atoms with Crippen molar-refractivity contribution < 1.29 is 9.13 Å². The number of hydrogen-bond acceptors (Lipinski definition) is 2. The maximum absolute atomic E-state index is 13.1. The van der Waals surface area contributed by atoms with Crippen LogP contribution in [0.25, 0.3) is 0 Å². The molecule has 18 heavy (non-hydrogen) atoms. The van der Waals surface area contributed by atoms with E-state index in [1.54, 1.807) is 6.07 Å². The van der Waals surface area contributed by atoms with Gasteiger partial charge in [0.1, 0.15) is 5.82 Å². The lowest BCUT2D eigenvalue weighted by atomic mass is 10.1. The van der Waals surface area contributed by atoms with Gasteiger partial charge in [-0.15, -0.1) is 0 Å². The lowest BCUT2D eigenvalue weighted by Crippen LogP contribution is -2.20. The van der Waals surface area contributed by atoms with Crippen LogP contribution in [0.3, 0.4) is 0 Å². The van der Waals surface area contributed by atoms with Gasteiger partial charge in [0, 0.05) is 19.7 Å². The Morgan fingerprint density at radius 1 is 1.33 bits per heavy atom.